The van der Waals surface area contributed by atoms with Gasteiger partial charge in [0.2, 0.25) is 6.79 Å². The minimum atomic E-state index is 0.198. The standard InChI is InChI=1S/C12H13BrO3/c1-7(3-4-14)9-5-10(13)12-11(8(9)2)15-6-16-12/h4-5,7H,3,6H2,1-2H3. The SMILES string of the molecule is Cc1c(C(C)CC=O)cc(Br)c2c1OCO2. The predicted molar refractivity (Wildman–Crippen MR) is 64.1 cm³/mol. The van der Waals surface area contributed by atoms with Crippen LogP contribution < -0.4 is 9.47 Å². The van der Waals surface area contributed by atoms with E-state index in [9.17, 15) is 4.79 Å². The second-order valence-electron chi connectivity index (χ2n) is 3.94. The largest absolute Gasteiger partial charge is 0.453 e. The summed E-state index contributed by atoms with van der Waals surface area (Å²) in [6.45, 7) is 4.29. The van der Waals surface area contributed by atoms with Crippen LogP contribution in [0.2, 0.25) is 0 Å². The van der Waals surface area contributed by atoms with Crippen molar-refractivity contribution >= 4 is 22.2 Å². The fourth-order valence-electron chi connectivity index (χ4n) is 1.96. The topological polar surface area (TPSA) is 35.5 Å². The third kappa shape index (κ3) is 1.82. The minimum Gasteiger partial charge on any atom is -0.453 e. The molecule has 1 aromatic carbocycles. The van der Waals surface area contributed by atoms with Gasteiger partial charge < -0.3 is 14.3 Å². The van der Waals surface area contributed by atoms with Gasteiger partial charge >= 0.3 is 0 Å². The lowest BCUT2D eigenvalue weighted by atomic mass is 9.93. The highest BCUT2D eigenvalue weighted by Crippen LogP contribution is 2.45. The lowest BCUT2D eigenvalue weighted by molar-refractivity contribution is -0.108. The molecule has 4 heteroatoms. The van der Waals surface area contributed by atoms with Crippen molar-refractivity contribution in [3.63, 3.8) is 0 Å². The van der Waals surface area contributed by atoms with Crippen LogP contribution in [-0.4, -0.2) is 13.1 Å². The first-order valence-corrected chi connectivity index (χ1v) is 5.96. The highest BCUT2D eigenvalue weighted by atomic mass is 79.9. The van der Waals surface area contributed by atoms with Crippen molar-refractivity contribution in [2.45, 2.75) is 26.2 Å². The number of halogens is 1. The average Bonchev–Trinajstić information content (AvgIpc) is 2.73. The van der Waals surface area contributed by atoms with Crippen LogP contribution in [0.25, 0.3) is 0 Å². The second kappa shape index (κ2) is 4.45. The minimum absolute atomic E-state index is 0.198. The summed E-state index contributed by atoms with van der Waals surface area (Å²) in [4.78, 5) is 10.6. The molecular formula is C12H13BrO3. The average molecular weight is 285 g/mol. The smallest absolute Gasteiger partial charge is 0.231 e. The van der Waals surface area contributed by atoms with Gasteiger partial charge in [-0.25, -0.2) is 0 Å². The normalized spacial score (nSPS) is 14.9. The Morgan fingerprint density at radius 1 is 1.50 bits per heavy atom. The summed E-state index contributed by atoms with van der Waals surface area (Å²) in [5, 5.41) is 0. The molecule has 0 amide bonds. The third-order valence-electron chi connectivity index (χ3n) is 2.87. The van der Waals surface area contributed by atoms with Gasteiger partial charge in [0, 0.05) is 6.42 Å². The molecule has 0 saturated carbocycles. The van der Waals surface area contributed by atoms with Crippen molar-refractivity contribution in [1.82, 2.24) is 0 Å². The van der Waals surface area contributed by atoms with Crippen LogP contribution in [0.15, 0.2) is 10.5 Å². The first-order valence-electron chi connectivity index (χ1n) is 5.17. The molecule has 0 fully saturated rings. The van der Waals surface area contributed by atoms with Crippen molar-refractivity contribution in [3.8, 4) is 11.5 Å². The maximum atomic E-state index is 10.6. The number of aldehydes is 1. The van der Waals surface area contributed by atoms with E-state index < -0.39 is 0 Å². The fraction of sp³-hybridized carbons (Fsp3) is 0.417. The summed E-state index contributed by atoms with van der Waals surface area (Å²) in [5.41, 5.74) is 2.19. The Kier molecular flexibility index (Phi) is 3.19. The number of benzene rings is 1. The van der Waals surface area contributed by atoms with E-state index in [0.29, 0.717) is 6.42 Å². The number of carbonyl (C=O) groups excluding carboxylic acids is 1. The Balaban J connectivity index is 2.47. The maximum absolute atomic E-state index is 10.6. The van der Waals surface area contributed by atoms with Crippen LogP contribution in [-0.2, 0) is 4.79 Å². The van der Waals surface area contributed by atoms with Gasteiger partial charge in [0.1, 0.15) is 6.29 Å². The van der Waals surface area contributed by atoms with E-state index in [1.807, 2.05) is 19.9 Å². The van der Waals surface area contributed by atoms with E-state index in [-0.39, 0.29) is 12.7 Å². The van der Waals surface area contributed by atoms with Crippen LogP contribution in [0.5, 0.6) is 11.5 Å². The Morgan fingerprint density at radius 3 is 2.88 bits per heavy atom. The highest BCUT2D eigenvalue weighted by Gasteiger charge is 2.23. The number of carbonyl (C=O) groups is 1. The van der Waals surface area contributed by atoms with E-state index in [0.717, 1.165) is 33.4 Å². The van der Waals surface area contributed by atoms with E-state index >= 15 is 0 Å². The molecule has 1 unspecified atom stereocenters. The van der Waals surface area contributed by atoms with Crippen molar-refractivity contribution < 1.29 is 14.3 Å². The molecule has 1 aliphatic heterocycles. The van der Waals surface area contributed by atoms with Crippen LogP contribution >= 0.6 is 15.9 Å². The van der Waals surface area contributed by atoms with Crippen LogP contribution in [0.3, 0.4) is 0 Å². The number of hydrogen-bond acceptors (Lipinski definition) is 3. The highest BCUT2D eigenvalue weighted by molar-refractivity contribution is 9.10. The fourth-order valence-corrected chi connectivity index (χ4v) is 2.50. The lowest BCUT2D eigenvalue weighted by Crippen LogP contribution is -1.99. The summed E-state index contributed by atoms with van der Waals surface area (Å²) in [6, 6.07) is 2.01. The molecule has 0 bridgehead atoms. The van der Waals surface area contributed by atoms with Gasteiger partial charge in [0.15, 0.2) is 11.5 Å². The van der Waals surface area contributed by atoms with Crippen molar-refractivity contribution in [2.24, 2.45) is 0 Å². The number of ether oxygens (including phenoxy) is 2. The van der Waals surface area contributed by atoms with Gasteiger partial charge in [0.25, 0.3) is 0 Å². The molecule has 0 spiro atoms. The van der Waals surface area contributed by atoms with Gasteiger partial charge in [-0.1, -0.05) is 6.92 Å². The summed E-state index contributed by atoms with van der Waals surface area (Å²) in [6.07, 6.45) is 1.47. The second-order valence-corrected chi connectivity index (χ2v) is 4.80. The molecule has 0 saturated heterocycles. The number of fused-ring (bicyclic) bond motifs is 1. The predicted octanol–water partition coefficient (Wildman–Crippen LogP) is 3.18. The van der Waals surface area contributed by atoms with E-state index in [1.54, 1.807) is 0 Å². The van der Waals surface area contributed by atoms with Gasteiger partial charge in [-0.3, -0.25) is 0 Å². The van der Waals surface area contributed by atoms with E-state index in [1.165, 1.54) is 0 Å². The van der Waals surface area contributed by atoms with Crippen molar-refractivity contribution in [3.05, 3.63) is 21.7 Å². The Morgan fingerprint density at radius 2 is 2.19 bits per heavy atom. The first kappa shape index (κ1) is 11.5. The van der Waals surface area contributed by atoms with Gasteiger partial charge in [0.05, 0.1) is 4.47 Å². The summed E-state index contributed by atoms with van der Waals surface area (Å²) in [5.74, 6) is 1.75. The molecular weight excluding hydrogens is 272 g/mol. The van der Waals surface area contributed by atoms with Gasteiger partial charge in [-0.15, -0.1) is 0 Å². The monoisotopic (exact) mass is 284 g/mol. The molecule has 1 heterocycles. The van der Waals surface area contributed by atoms with Gasteiger partial charge in [-0.05, 0) is 46.0 Å². The maximum Gasteiger partial charge on any atom is 0.231 e. The van der Waals surface area contributed by atoms with Crippen molar-refractivity contribution in [2.75, 3.05) is 6.79 Å². The van der Waals surface area contributed by atoms with Crippen LogP contribution in [0.4, 0.5) is 0 Å². The molecule has 16 heavy (non-hydrogen) atoms. The lowest BCUT2D eigenvalue weighted by Gasteiger charge is -2.14. The first-order chi connectivity index (χ1) is 7.65. The molecule has 86 valence electrons. The zero-order chi connectivity index (χ0) is 11.7. The molecule has 0 radical (unpaired) electrons. The van der Waals surface area contributed by atoms with Crippen molar-refractivity contribution in [1.29, 1.82) is 0 Å². The van der Waals surface area contributed by atoms with E-state index in [4.69, 9.17) is 9.47 Å². The Hall–Kier alpha value is -1.03. The molecule has 0 aliphatic carbocycles. The van der Waals surface area contributed by atoms with Gasteiger partial charge in [-0.2, -0.15) is 0 Å². The summed E-state index contributed by atoms with van der Waals surface area (Å²) in [7, 11) is 0. The Labute approximate surface area is 103 Å². The molecule has 1 aliphatic rings. The molecule has 0 N–H and O–H groups in total. The molecule has 2 rings (SSSR count). The third-order valence-corrected chi connectivity index (χ3v) is 3.46. The molecule has 3 nitrogen and oxygen atoms in total. The molecule has 0 aromatic heterocycles. The number of hydrogen-bond donors (Lipinski definition) is 0. The summed E-state index contributed by atoms with van der Waals surface area (Å²) < 4.78 is 11.7. The van der Waals surface area contributed by atoms with E-state index in [2.05, 4.69) is 15.9 Å². The van der Waals surface area contributed by atoms with Crippen LogP contribution in [0.1, 0.15) is 30.4 Å². The Bertz CT molecular complexity index is 429. The summed E-state index contributed by atoms with van der Waals surface area (Å²) >= 11 is 3.46. The van der Waals surface area contributed by atoms with Crippen LogP contribution in [0, 0.1) is 6.92 Å². The zero-order valence-electron chi connectivity index (χ0n) is 9.25. The zero-order valence-corrected chi connectivity index (χ0v) is 10.8. The quantitative estimate of drug-likeness (QED) is 0.800. The molecule has 1 atom stereocenters. The number of rotatable bonds is 3. The molecule has 1 aromatic rings.